The molecule has 2 rings (SSSR count). The van der Waals surface area contributed by atoms with Crippen LogP contribution in [-0.2, 0) is 16.1 Å². The largest absolute Gasteiger partial charge is 0.493 e. The smallest absolute Gasteiger partial charge is 0.329 e. The van der Waals surface area contributed by atoms with Gasteiger partial charge in [-0.1, -0.05) is 37.6 Å². The maximum Gasteiger partial charge on any atom is 0.329 e. The minimum atomic E-state index is -0.836. The average Bonchev–Trinajstić information content (AvgIpc) is 2.66. The molecule has 0 aliphatic rings. The van der Waals surface area contributed by atoms with E-state index in [2.05, 4.69) is 29.7 Å². The van der Waals surface area contributed by atoms with Gasteiger partial charge in [0.25, 0.3) is 0 Å². The molecule has 0 heterocycles. The van der Waals surface area contributed by atoms with Crippen LogP contribution in [0.4, 0.5) is 0 Å². The van der Waals surface area contributed by atoms with Gasteiger partial charge in [-0.05, 0) is 53.4 Å². The van der Waals surface area contributed by atoms with Crippen molar-refractivity contribution in [3.05, 3.63) is 64.7 Å². The maximum absolute atomic E-state index is 11.8. The van der Waals surface area contributed by atoms with Gasteiger partial charge >= 0.3 is 11.8 Å². The highest BCUT2D eigenvalue weighted by molar-refractivity contribution is 6.35. The molecule has 0 radical (unpaired) electrons. The number of nitrogens with zero attached hydrogens (tertiary/aromatic N) is 1. The molecular formula is C20H22ClN3O3. The summed E-state index contributed by atoms with van der Waals surface area (Å²) in [5, 5.41) is 6.91. The van der Waals surface area contributed by atoms with Crippen LogP contribution >= 0.6 is 11.6 Å². The minimum Gasteiger partial charge on any atom is -0.493 e. The number of carbonyl (C=O) groups excluding carboxylic acids is 2. The van der Waals surface area contributed by atoms with E-state index in [4.69, 9.17) is 16.3 Å². The van der Waals surface area contributed by atoms with Crippen molar-refractivity contribution in [1.82, 2.24) is 10.7 Å². The Kier molecular flexibility index (Phi) is 7.82. The maximum atomic E-state index is 11.8. The van der Waals surface area contributed by atoms with Crippen molar-refractivity contribution >= 4 is 29.6 Å². The first-order valence-corrected chi connectivity index (χ1v) is 8.90. The van der Waals surface area contributed by atoms with E-state index in [0.29, 0.717) is 17.5 Å². The second-order valence-corrected chi connectivity index (χ2v) is 6.72. The standard InChI is InChI=1S/C20H22ClN3O3/c1-14(2)13-27-18-9-5-16(6-10-18)12-23-24-20(26)19(25)22-11-15-3-7-17(21)8-4-15/h3-10,12,14H,11,13H2,1-2H3,(H,22,25)(H,24,26)/b23-12-. The zero-order valence-electron chi connectivity index (χ0n) is 15.2. The molecule has 6 nitrogen and oxygen atoms in total. The van der Waals surface area contributed by atoms with Crippen LogP contribution in [0.1, 0.15) is 25.0 Å². The van der Waals surface area contributed by atoms with Gasteiger partial charge in [0.15, 0.2) is 0 Å². The number of hydrazone groups is 1. The SMILES string of the molecule is CC(C)COc1ccc(/C=N\NC(=O)C(=O)NCc2ccc(Cl)cc2)cc1. The molecule has 0 saturated heterocycles. The van der Waals surface area contributed by atoms with Gasteiger partial charge < -0.3 is 10.1 Å². The van der Waals surface area contributed by atoms with Gasteiger partial charge in [-0.25, -0.2) is 5.43 Å². The molecule has 0 spiro atoms. The van der Waals surface area contributed by atoms with E-state index in [1.54, 1.807) is 24.3 Å². The van der Waals surface area contributed by atoms with E-state index in [1.165, 1.54) is 6.21 Å². The van der Waals surface area contributed by atoms with Crippen molar-refractivity contribution in [2.75, 3.05) is 6.61 Å². The fourth-order valence-electron chi connectivity index (χ4n) is 1.99. The van der Waals surface area contributed by atoms with Crippen molar-refractivity contribution in [3.63, 3.8) is 0 Å². The molecule has 0 aliphatic carbocycles. The Morgan fingerprint density at radius 3 is 2.37 bits per heavy atom. The van der Waals surface area contributed by atoms with Crippen molar-refractivity contribution in [1.29, 1.82) is 0 Å². The van der Waals surface area contributed by atoms with Gasteiger partial charge in [0.05, 0.1) is 12.8 Å². The topological polar surface area (TPSA) is 79.8 Å². The fraction of sp³-hybridized carbons (Fsp3) is 0.250. The summed E-state index contributed by atoms with van der Waals surface area (Å²) in [6, 6.07) is 14.2. The summed E-state index contributed by atoms with van der Waals surface area (Å²) in [6.45, 7) is 5.03. The van der Waals surface area contributed by atoms with Crippen LogP contribution in [0, 0.1) is 5.92 Å². The van der Waals surface area contributed by atoms with E-state index < -0.39 is 11.8 Å². The summed E-state index contributed by atoms with van der Waals surface area (Å²) in [5.74, 6) is -0.379. The molecule has 2 N–H and O–H groups in total. The number of rotatable bonds is 7. The number of benzene rings is 2. The molecule has 0 saturated carbocycles. The number of ether oxygens (including phenoxy) is 1. The van der Waals surface area contributed by atoms with Gasteiger partial charge in [0, 0.05) is 11.6 Å². The molecule has 2 aromatic carbocycles. The predicted molar refractivity (Wildman–Crippen MR) is 106 cm³/mol. The summed E-state index contributed by atoms with van der Waals surface area (Å²) in [7, 11) is 0. The summed E-state index contributed by atoms with van der Waals surface area (Å²) >= 11 is 5.79. The molecule has 142 valence electrons. The molecule has 0 aromatic heterocycles. The van der Waals surface area contributed by atoms with Crippen molar-refractivity contribution in [2.45, 2.75) is 20.4 Å². The highest BCUT2D eigenvalue weighted by atomic mass is 35.5. The van der Waals surface area contributed by atoms with Crippen LogP contribution in [0.2, 0.25) is 5.02 Å². The number of nitrogens with one attached hydrogen (secondary N) is 2. The van der Waals surface area contributed by atoms with Gasteiger partial charge in [-0.2, -0.15) is 5.10 Å². The Morgan fingerprint density at radius 2 is 1.74 bits per heavy atom. The molecule has 7 heteroatoms. The van der Waals surface area contributed by atoms with Crippen LogP contribution in [0.15, 0.2) is 53.6 Å². The lowest BCUT2D eigenvalue weighted by Crippen LogP contribution is -2.37. The molecule has 27 heavy (non-hydrogen) atoms. The Hall–Kier alpha value is -2.86. The van der Waals surface area contributed by atoms with Gasteiger partial charge in [-0.3, -0.25) is 9.59 Å². The summed E-state index contributed by atoms with van der Waals surface area (Å²) in [6.07, 6.45) is 1.45. The summed E-state index contributed by atoms with van der Waals surface area (Å²) in [5.41, 5.74) is 3.81. The normalized spacial score (nSPS) is 10.8. The first kappa shape index (κ1) is 20.5. The van der Waals surface area contributed by atoms with Crippen LogP contribution in [-0.4, -0.2) is 24.6 Å². The first-order chi connectivity index (χ1) is 12.9. The van der Waals surface area contributed by atoms with Gasteiger partial charge in [0.1, 0.15) is 5.75 Å². The predicted octanol–water partition coefficient (Wildman–Crippen LogP) is 3.14. The first-order valence-electron chi connectivity index (χ1n) is 8.52. The molecule has 0 atom stereocenters. The van der Waals surface area contributed by atoms with Crippen LogP contribution < -0.4 is 15.5 Å². The molecule has 0 unspecified atom stereocenters. The highest BCUT2D eigenvalue weighted by Crippen LogP contribution is 2.12. The van der Waals surface area contributed by atoms with E-state index in [1.807, 2.05) is 24.3 Å². The van der Waals surface area contributed by atoms with Crippen LogP contribution in [0.5, 0.6) is 5.75 Å². The minimum absolute atomic E-state index is 0.227. The van der Waals surface area contributed by atoms with Crippen molar-refractivity contribution in [2.24, 2.45) is 11.0 Å². The zero-order chi connectivity index (χ0) is 19.6. The second kappa shape index (κ2) is 10.3. The third-order valence-corrected chi connectivity index (χ3v) is 3.67. The number of carbonyl (C=O) groups is 2. The third-order valence-electron chi connectivity index (χ3n) is 3.42. The lowest BCUT2D eigenvalue weighted by atomic mass is 10.2. The highest BCUT2D eigenvalue weighted by Gasteiger charge is 2.11. The molecule has 2 aromatic rings. The lowest BCUT2D eigenvalue weighted by Gasteiger charge is -2.08. The monoisotopic (exact) mass is 387 g/mol. The van der Waals surface area contributed by atoms with Crippen molar-refractivity contribution < 1.29 is 14.3 Å². The number of halogens is 1. The molecule has 0 fully saturated rings. The Labute approximate surface area is 163 Å². The Bertz CT molecular complexity index is 787. The average molecular weight is 388 g/mol. The lowest BCUT2D eigenvalue weighted by molar-refractivity contribution is -0.139. The number of hydrogen-bond donors (Lipinski definition) is 2. The summed E-state index contributed by atoms with van der Waals surface area (Å²) in [4.78, 5) is 23.5. The van der Waals surface area contributed by atoms with E-state index in [0.717, 1.165) is 16.9 Å². The van der Waals surface area contributed by atoms with Crippen LogP contribution in [0.25, 0.3) is 0 Å². The van der Waals surface area contributed by atoms with E-state index >= 15 is 0 Å². The fourth-order valence-corrected chi connectivity index (χ4v) is 2.12. The zero-order valence-corrected chi connectivity index (χ0v) is 16.0. The third kappa shape index (κ3) is 7.50. The number of hydrogen-bond acceptors (Lipinski definition) is 4. The molecular weight excluding hydrogens is 366 g/mol. The van der Waals surface area contributed by atoms with Crippen LogP contribution in [0.3, 0.4) is 0 Å². The second-order valence-electron chi connectivity index (χ2n) is 6.28. The van der Waals surface area contributed by atoms with Gasteiger partial charge in [0.2, 0.25) is 0 Å². The molecule has 0 bridgehead atoms. The quantitative estimate of drug-likeness (QED) is 0.435. The summed E-state index contributed by atoms with van der Waals surface area (Å²) < 4.78 is 5.59. The molecule has 2 amide bonds. The number of amides is 2. The van der Waals surface area contributed by atoms with Gasteiger partial charge in [-0.15, -0.1) is 0 Å². The van der Waals surface area contributed by atoms with E-state index in [-0.39, 0.29) is 6.54 Å². The van der Waals surface area contributed by atoms with E-state index in [9.17, 15) is 9.59 Å². The Balaban J connectivity index is 1.76. The Morgan fingerprint density at radius 1 is 1.07 bits per heavy atom. The molecule has 0 aliphatic heterocycles. The van der Waals surface area contributed by atoms with Crippen molar-refractivity contribution in [3.8, 4) is 5.75 Å².